The summed E-state index contributed by atoms with van der Waals surface area (Å²) in [5, 5.41) is 12.5. The van der Waals surface area contributed by atoms with Crippen molar-refractivity contribution in [3.63, 3.8) is 0 Å². The van der Waals surface area contributed by atoms with Crippen molar-refractivity contribution >= 4 is 10.0 Å². The molecule has 1 rings (SSSR count). The molecule has 0 bridgehead atoms. The summed E-state index contributed by atoms with van der Waals surface area (Å²) in [4.78, 5) is 0.0446. The van der Waals surface area contributed by atoms with Gasteiger partial charge in [-0.1, -0.05) is 5.16 Å². The van der Waals surface area contributed by atoms with Gasteiger partial charge < -0.3 is 9.63 Å². The lowest BCUT2D eigenvalue weighted by molar-refractivity contribution is 0.198. The average Bonchev–Trinajstić information content (AvgIpc) is 2.43. The zero-order chi connectivity index (χ0) is 11.6. The summed E-state index contributed by atoms with van der Waals surface area (Å²) in [6, 6.07) is 0. The molecule has 0 amide bonds. The maximum atomic E-state index is 11.7. The van der Waals surface area contributed by atoms with Gasteiger partial charge in [-0.05, 0) is 20.8 Å². The van der Waals surface area contributed by atoms with Crippen molar-refractivity contribution in [2.75, 3.05) is 6.54 Å². The van der Waals surface area contributed by atoms with Crippen LogP contribution in [0.4, 0.5) is 0 Å². The minimum atomic E-state index is -3.64. The highest BCUT2D eigenvalue weighted by Gasteiger charge is 2.23. The van der Waals surface area contributed by atoms with E-state index in [-0.39, 0.29) is 17.2 Å². The number of aromatic nitrogens is 1. The van der Waals surface area contributed by atoms with Gasteiger partial charge in [0, 0.05) is 6.54 Å². The number of aryl methyl sites for hydroxylation is 2. The predicted molar refractivity (Wildman–Crippen MR) is 52.8 cm³/mol. The minimum absolute atomic E-state index is 0.0353. The van der Waals surface area contributed by atoms with E-state index in [0.717, 1.165) is 0 Å². The van der Waals surface area contributed by atoms with E-state index in [4.69, 9.17) is 9.63 Å². The van der Waals surface area contributed by atoms with Crippen LogP contribution < -0.4 is 4.72 Å². The van der Waals surface area contributed by atoms with Crippen LogP contribution in [0.15, 0.2) is 9.42 Å². The lowest BCUT2D eigenvalue weighted by Gasteiger charge is -2.07. The summed E-state index contributed by atoms with van der Waals surface area (Å²) >= 11 is 0. The van der Waals surface area contributed by atoms with Gasteiger partial charge in [-0.3, -0.25) is 0 Å². The van der Waals surface area contributed by atoms with Gasteiger partial charge >= 0.3 is 0 Å². The molecule has 0 aliphatic rings. The molecule has 2 N–H and O–H groups in total. The molecule has 7 heteroatoms. The smallest absolute Gasteiger partial charge is 0.246 e. The second kappa shape index (κ2) is 4.30. The third kappa shape index (κ3) is 2.77. The summed E-state index contributed by atoms with van der Waals surface area (Å²) < 4.78 is 30.5. The molecule has 0 aliphatic carbocycles. The number of nitrogens with one attached hydrogen (secondary N) is 1. The number of hydrogen-bond acceptors (Lipinski definition) is 5. The molecular formula is C8H14N2O4S. The van der Waals surface area contributed by atoms with Gasteiger partial charge in [0.25, 0.3) is 0 Å². The number of aliphatic hydroxyl groups is 1. The van der Waals surface area contributed by atoms with Crippen molar-refractivity contribution in [1.82, 2.24) is 9.88 Å². The molecule has 1 aromatic heterocycles. The van der Waals surface area contributed by atoms with E-state index in [9.17, 15) is 8.42 Å². The Balaban J connectivity index is 2.96. The molecule has 0 aromatic carbocycles. The highest BCUT2D eigenvalue weighted by atomic mass is 32.2. The Morgan fingerprint density at radius 2 is 2.13 bits per heavy atom. The van der Waals surface area contributed by atoms with E-state index in [1.54, 1.807) is 6.92 Å². The number of hydrogen-bond donors (Lipinski definition) is 2. The maximum Gasteiger partial charge on any atom is 0.246 e. The van der Waals surface area contributed by atoms with Crippen molar-refractivity contribution < 1.29 is 18.0 Å². The fourth-order valence-electron chi connectivity index (χ4n) is 1.16. The molecular weight excluding hydrogens is 220 g/mol. The fourth-order valence-corrected chi connectivity index (χ4v) is 2.61. The molecule has 0 spiro atoms. The quantitative estimate of drug-likeness (QED) is 0.762. The molecule has 0 aliphatic heterocycles. The number of aliphatic hydroxyl groups excluding tert-OH is 1. The molecule has 0 fully saturated rings. The lowest BCUT2D eigenvalue weighted by atomic mass is 10.4. The van der Waals surface area contributed by atoms with E-state index in [2.05, 4.69) is 9.88 Å². The summed E-state index contributed by atoms with van der Waals surface area (Å²) in [5.41, 5.74) is 0.311. The van der Waals surface area contributed by atoms with Crippen LogP contribution in [0.25, 0.3) is 0 Å². The van der Waals surface area contributed by atoms with E-state index >= 15 is 0 Å². The van der Waals surface area contributed by atoms with Crippen LogP contribution in [-0.4, -0.2) is 31.3 Å². The van der Waals surface area contributed by atoms with Crippen LogP contribution in [0.3, 0.4) is 0 Å². The summed E-state index contributed by atoms with van der Waals surface area (Å²) in [5.74, 6) is 0.241. The summed E-state index contributed by atoms with van der Waals surface area (Å²) in [6.45, 7) is 4.53. The zero-order valence-corrected chi connectivity index (χ0v) is 9.63. The third-order valence-corrected chi connectivity index (χ3v) is 3.47. The van der Waals surface area contributed by atoms with Gasteiger partial charge in [-0.25, -0.2) is 13.1 Å². The van der Waals surface area contributed by atoms with Crippen molar-refractivity contribution in [3.8, 4) is 0 Å². The second-order valence-corrected chi connectivity index (χ2v) is 5.06. The Bertz CT molecular complexity index is 416. The molecule has 0 radical (unpaired) electrons. The standard InChI is InChI=1S/C8H14N2O4S/c1-5(11)4-9-15(12,13)8-6(2)10-14-7(8)3/h5,9,11H,4H2,1-3H3/t5-/m1/s1. The average molecular weight is 234 g/mol. The molecule has 1 aromatic rings. The molecule has 0 saturated heterocycles. The molecule has 86 valence electrons. The number of nitrogens with zero attached hydrogens (tertiary/aromatic N) is 1. The monoisotopic (exact) mass is 234 g/mol. The Morgan fingerprint density at radius 3 is 2.53 bits per heavy atom. The first kappa shape index (κ1) is 12.2. The van der Waals surface area contributed by atoms with Crippen LogP contribution in [0, 0.1) is 13.8 Å². The fraction of sp³-hybridized carbons (Fsp3) is 0.625. The Kier molecular flexibility index (Phi) is 3.48. The topological polar surface area (TPSA) is 92.4 Å². The van der Waals surface area contributed by atoms with E-state index < -0.39 is 16.1 Å². The van der Waals surface area contributed by atoms with Gasteiger partial charge in [0.05, 0.1) is 6.10 Å². The normalized spacial score (nSPS) is 14.1. The van der Waals surface area contributed by atoms with E-state index in [1.165, 1.54) is 13.8 Å². The summed E-state index contributed by atoms with van der Waals surface area (Å²) in [6.07, 6.45) is -0.736. The van der Waals surface area contributed by atoms with Gasteiger partial charge in [-0.2, -0.15) is 0 Å². The Labute approximate surface area is 88.3 Å². The first-order valence-corrected chi connectivity index (χ1v) is 5.93. The van der Waals surface area contributed by atoms with E-state index in [0.29, 0.717) is 5.69 Å². The van der Waals surface area contributed by atoms with Crippen molar-refractivity contribution in [1.29, 1.82) is 0 Å². The first-order valence-electron chi connectivity index (χ1n) is 4.45. The molecule has 15 heavy (non-hydrogen) atoms. The summed E-state index contributed by atoms with van der Waals surface area (Å²) in [7, 11) is -3.64. The van der Waals surface area contributed by atoms with Gasteiger partial charge in [0.2, 0.25) is 10.0 Å². The Morgan fingerprint density at radius 1 is 1.53 bits per heavy atom. The molecule has 6 nitrogen and oxygen atoms in total. The maximum absolute atomic E-state index is 11.7. The predicted octanol–water partition coefficient (Wildman–Crippen LogP) is -0.0495. The van der Waals surface area contributed by atoms with Crippen LogP contribution in [0.5, 0.6) is 0 Å². The van der Waals surface area contributed by atoms with Crippen LogP contribution in [0.2, 0.25) is 0 Å². The SMILES string of the molecule is Cc1noc(C)c1S(=O)(=O)NC[C@@H](C)O. The third-order valence-electron chi connectivity index (χ3n) is 1.81. The zero-order valence-electron chi connectivity index (χ0n) is 8.81. The van der Waals surface area contributed by atoms with Crippen molar-refractivity contribution in [3.05, 3.63) is 11.5 Å². The van der Waals surface area contributed by atoms with Crippen molar-refractivity contribution in [2.45, 2.75) is 31.8 Å². The van der Waals surface area contributed by atoms with Gasteiger partial charge in [-0.15, -0.1) is 0 Å². The highest BCUT2D eigenvalue weighted by molar-refractivity contribution is 7.89. The highest BCUT2D eigenvalue weighted by Crippen LogP contribution is 2.18. The number of sulfonamides is 1. The van der Waals surface area contributed by atoms with Crippen molar-refractivity contribution in [2.24, 2.45) is 0 Å². The molecule has 0 saturated carbocycles. The lowest BCUT2D eigenvalue weighted by Crippen LogP contribution is -2.31. The van der Waals surface area contributed by atoms with Crippen LogP contribution in [0.1, 0.15) is 18.4 Å². The number of rotatable bonds is 4. The molecule has 1 atom stereocenters. The van der Waals surface area contributed by atoms with E-state index in [1.807, 2.05) is 0 Å². The second-order valence-electron chi connectivity index (χ2n) is 3.35. The molecule has 1 heterocycles. The molecule has 0 unspecified atom stereocenters. The van der Waals surface area contributed by atoms with Crippen LogP contribution in [-0.2, 0) is 10.0 Å². The van der Waals surface area contributed by atoms with Crippen LogP contribution >= 0.6 is 0 Å². The largest absolute Gasteiger partial charge is 0.392 e. The minimum Gasteiger partial charge on any atom is -0.392 e. The van der Waals surface area contributed by atoms with Gasteiger partial charge in [0.1, 0.15) is 10.6 Å². The Hall–Kier alpha value is -0.920. The van der Waals surface area contributed by atoms with Gasteiger partial charge in [0.15, 0.2) is 5.76 Å². The first-order chi connectivity index (χ1) is 6.84.